The van der Waals surface area contributed by atoms with Gasteiger partial charge in [0.2, 0.25) is 0 Å². The molecule has 0 heterocycles. The SMILES string of the molecule is N#Cc1c(F)cccc1-c1ccc(Br)c(Cl)c1F. The Morgan fingerprint density at radius 1 is 1.11 bits per heavy atom. The zero-order valence-corrected chi connectivity index (χ0v) is 11.2. The summed E-state index contributed by atoms with van der Waals surface area (Å²) in [6.07, 6.45) is 0. The van der Waals surface area contributed by atoms with E-state index in [1.807, 2.05) is 0 Å². The lowest BCUT2D eigenvalue weighted by Gasteiger charge is -2.08. The van der Waals surface area contributed by atoms with E-state index < -0.39 is 11.6 Å². The Kier molecular flexibility index (Phi) is 3.65. The van der Waals surface area contributed by atoms with Crippen LogP contribution in [-0.2, 0) is 0 Å². The van der Waals surface area contributed by atoms with Gasteiger partial charge in [0.15, 0.2) is 5.82 Å². The van der Waals surface area contributed by atoms with Crippen LogP contribution in [0.1, 0.15) is 5.56 Å². The van der Waals surface area contributed by atoms with Crippen molar-refractivity contribution in [3.63, 3.8) is 0 Å². The lowest BCUT2D eigenvalue weighted by molar-refractivity contribution is 0.621. The highest BCUT2D eigenvalue weighted by molar-refractivity contribution is 9.10. The number of halogens is 4. The molecule has 0 bridgehead atoms. The van der Waals surface area contributed by atoms with E-state index in [4.69, 9.17) is 16.9 Å². The number of hydrogen-bond donors (Lipinski definition) is 0. The van der Waals surface area contributed by atoms with Crippen LogP contribution in [0.2, 0.25) is 5.02 Å². The second kappa shape index (κ2) is 5.05. The van der Waals surface area contributed by atoms with E-state index in [0.717, 1.165) is 6.07 Å². The van der Waals surface area contributed by atoms with E-state index >= 15 is 0 Å². The van der Waals surface area contributed by atoms with Gasteiger partial charge >= 0.3 is 0 Å². The van der Waals surface area contributed by atoms with Crippen LogP contribution in [0, 0.1) is 23.0 Å². The Hall–Kier alpha value is -1.44. The summed E-state index contributed by atoms with van der Waals surface area (Å²) in [5.41, 5.74) is 0.0819. The zero-order chi connectivity index (χ0) is 13.3. The minimum Gasteiger partial charge on any atom is -0.206 e. The van der Waals surface area contributed by atoms with Gasteiger partial charge in [0.25, 0.3) is 0 Å². The minimum absolute atomic E-state index is 0.0965. The van der Waals surface area contributed by atoms with Crippen LogP contribution in [0.15, 0.2) is 34.8 Å². The quantitative estimate of drug-likeness (QED) is 0.682. The van der Waals surface area contributed by atoms with E-state index in [1.54, 1.807) is 12.1 Å². The third-order valence-electron chi connectivity index (χ3n) is 2.45. The fourth-order valence-corrected chi connectivity index (χ4v) is 2.07. The number of benzene rings is 2. The summed E-state index contributed by atoms with van der Waals surface area (Å²) in [6.45, 7) is 0. The highest BCUT2D eigenvalue weighted by atomic mass is 79.9. The maximum absolute atomic E-state index is 14.0. The molecular formula is C13H5BrClF2N. The van der Waals surface area contributed by atoms with Gasteiger partial charge in [0.1, 0.15) is 11.9 Å². The molecule has 0 unspecified atom stereocenters. The normalized spacial score (nSPS) is 10.2. The molecule has 2 rings (SSSR count). The highest BCUT2D eigenvalue weighted by Crippen LogP contribution is 2.34. The van der Waals surface area contributed by atoms with Crippen LogP contribution in [0.3, 0.4) is 0 Å². The van der Waals surface area contributed by atoms with Gasteiger partial charge in [-0.05, 0) is 28.1 Å². The summed E-state index contributed by atoms with van der Waals surface area (Å²) in [5.74, 6) is -1.37. The van der Waals surface area contributed by atoms with Crippen LogP contribution in [-0.4, -0.2) is 0 Å². The third kappa shape index (κ3) is 2.12. The standard InChI is InChI=1S/C13H5BrClF2N/c14-10-5-4-8(13(17)12(10)15)7-2-1-3-11(16)9(7)6-18/h1-5H. The molecule has 2 aromatic carbocycles. The summed E-state index contributed by atoms with van der Waals surface area (Å²) < 4.78 is 27.9. The van der Waals surface area contributed by atoms with Crippen molar-refractivity contribution >= 4 is 27.5 Å². The molecule has 0 aliphatic carbocycles. The van der Waals surface area contributed by atoms with Gasteiger partial charge in [-0.15, -0.1) is 0 Å². The monoisotopic (exact) mass is 327 g/mol. The second-order valence-electron chi connectivity index (χ2n) is 3.50. The van der Waals surface area contributed by atoms with Gasteiger partial charge in [-0.2, -0.15) is 5.26 Å². The first-order valence-electron chi connectivity index (χ1n) is 4.88. The summed E-state index contributed by atoms with van der Waals surface area (Å²) in [4.78, 5) is 0. The topological polar surface area (TPSA) is 23.8 Å². The van der Waals surface area contributed by atoms with Crippen molar-refractivity contribution in [1.29, 1.82) is 5.26 Å². The minimum atomic E-state index is -0.687. The fraction of sp³-hybridized carbons (Fsp3) is 0. The molecule has 0 atom stereocenters. The molecule has 0 fully saturated rings. The molecule has 1 nitrogen and oxygen atoms in total. The van der Waals surface area contributed by atoms with Crippen molar-refractivity contribution in [1.82, 2.24) is 0 Å². The molecule has 0 saturated carbocycles. The molecule has 0 saturated heterocycles. The molecule has 0 N–H and O–H groups in total. The van der Waals surface area contributed by atoms with E-state index in [1.165, 1.54) is 18.2 Å². The Morgan fingerprint density at radius 2 is 1.83 bits per heavy atom. The number of rotatable bonds is 1. The number of nitriles is 1. The van der Waals surface area contributed by atoms with Crippen molar-refractivity contribution in [3.05, 3.63) is 57.0 Å². The molecule has 0 amide bonds. The summed E-state index contributed by atoms with van der Waals surface area (Å²) >= 11 is 8.86. The Bertz CT molecular complexity index is 665. The molecule has 0 spiro atoms. The Labute approximate surface area is 116 Å². The third-order valence-corrected chi connectivity index (χ3v) is 3.71. The fourth-order valence-electron chi connectivity index (χ4n) is 1.60. The first-order chi connectivity index (χ1) is 8.56. The van der Waals surface area contributed by atoms with Crippen molar-refractivity contribution < 1.29 is 8.78 Å². The average molecular weight is 329 g/mol. The largest absolute Gasteiger partial charge is 0.206 e. The lowest BCUT2D eigenvalue weighted by Crippen LogP contribution is -1.93. The smallest absolute Gasteiger partial charge is 0.150 e. The average Bonchev–Trinajstić information content (AvgIpc) is 2.36. The maximum atomic E-state index is 14.0. The lowest BCUT2D eigenvalue weighted by atomic mass is 9.99. The Balaban J connectivity index is 2.75. The van der Waals surface area contributed by atoms with Gasteiger partial charge in [0, 0.05) is 15.6 Å². The summed E-state index contributed by atoms with van der Waals surface area (Å²) in [5, 5.41) is 8.82. The predicted octanol–water partition coefficient (Wildman–Crippen LogP) is 4.92. The van der Waals surface area contributed by atoms with Gasteiger partial charge in [-0.3, -0.25) is 0 Å². The molecule has 90 valence electrons. The summed E-state index contributed by atoms with van der Waals surface area (Å²) in [6, 6.07) is 8.77. The molecule has 2 aromatic rings. The van der Waals surface area contributed by atoms with Crippen molar-refractivity contribution in [2.45, 2.75) is 0 Å². The molecule has 0 aromatic heterocycles. The van der Waals surface area contributed by atoms with Gasteiger partial charge in [-0.1, -0.05) is 29.8 Å². The van der Waals surface area contributed by atoms with Crippen LogP contribution in [0.5, 0.6) is 0 Å². The van der Waals surface area contributed by atoms with Crippen LogP contribution in [0.25, 0.3) is 11.1 Å². The van der Waals surface area contributed by atoms with Crippen LogP contribution >= 0.6 is 27.5 Å². The molecule has 5 heteroatoms. The molecule has 18 heavy (non-hydrogen) atoms. The van der Waals surface area contributed by atoms with Crippen LogP contribution < -0.4 is 0 Å². The molecule has 0 aliphatic rings. The molecule has 0 radical (unpaired) electrons. The van der Waals surface area contributed by atoms with E-state index in [2.05, 4.69) is 15.9 Å². The number of hydrogen-bond acceptors (Lipinski definition) is 1. The van der Waals surface area contributed by atoms with Gasteiger partial charge in [0.05, 0.1) is 10.6 Å². The Morgan fingerprint density at radius 3 is 2.50 bits per heavy atom. The first kappa shape index (κ1) is 13.0. The van der Waals surface area contributed by atoms with Crippen molar-refractivity contribution in [2.24, 2.45) is 0 Å². The summed E-state index contributed by atoms with van der Waals surface area (Å²) in [7, 11) is 0. The van der Waals surface area contributed by atoms with Crippen molar-refractivity contribution in [3.8, 4) is 17.2 Å². The zero-order valence-electron chi connectivity index (χ0n) is 8.85. The van der Waals surface area contributed by atoms with E-state index in [-0.39, 0.29) is 21.7 Å². The second-order valence-corrected chi connectivity index (χ2v) is 4.73. The van der Waals surface area contributed by atoms with Crippen molar-refractivity contribution in [2.75, 3.05) is 0 Å². The van der Waals surface area contributed by atoms with Gasteiger partial charge < -0.3 is 0 Å². The molecular weight excluding hydrogens is 324 g/mol. The van der Waals surface area contributed by atoms with Gasteiger partial charge in [-0.25, -0.2) is 8.78 Å². The number of nitrogens with zero attached hydrogens (tertiary/aromatic N) is 1. The van der Waals surface area contributed by atoms with E-state index in [0.29, 0.717) is 4.47 Å². The van der Waals surface area contributed by atoms with E-state index in [9.17, 15) is 8.78 Å². The highest BCUT2D eigenvalue weighted by Gasteiger charge is 2.16. The first-order valence-corrected chi connectivity index (χ1v) is 6.06. The maximum Gasteiger partial charge on any atom is 0.150 e. The van der Waals surface area contributed by atoms with Crippen LogP contribution in [0.4, 0.5) is 8.78 Å². The predicted molar refractivity (Wildman–Crippen MR) is 69.2 cm³/mol. The molecule has 0 aliphatic heterocycles.